The minimum absolute atomic E-state index is 0.0467. The van der Waals surface area contributed by atoms with Gasteiger partial charge in [-0.15, -0.1) is 0 Å². The molecule has 0 saturated carbocycles. The number of rotatable bonds is 9. The molecule has 0 amide bonds. The number of ether oxygens (including phenoxy) is 1. The molecule has 14 heavy (non-hydrogen) atoms. The van der Waals surface area contributed by atoms with Crippen molar-refractivity contribution in [1.29, 1.82) is 0 Å². The average Bonchev–Trinajstić information content (AvgIpc) is 2.16. The van der Waals surface area contributed by atoms with Crippen LogP contribution in [0.5, 0.6) is 0 Å². The van der Waals surface area contributed by atoms with Gasteiger partial charge < -0.3 is 10.1 Å². The lowest BCUT2D eigenvalue weighted by molar-refractivity contribution is -0.0179. The van der Waals surface area contributed by atoms with E-state index in [4.69, 9.17) is 4.74 Å². The Labute approximate surface area is 89.4 Å². The Morgan fingerprint density at radius 2 is 1.79 bits per heavy atom. The van der Waals surface area contributed by atoms with E-state index in [1.807, 2.05) is 0 Å². The fraction of sp³-hybridized carbons (Fsp3) is 1.00. The van der Waals surface area contributed by atoms with Crippen molar-refractivity contribution in [2.24, 2.45) is 0 Å². The van der Waals surface area contributed by atoms with Gasteiger partial charge in [-0.05, 0) is 33.2 Å². The topological polar surface area (TPSA) is 21.3 Å². The van der Waals surface area contributed by atoms with Crippen LogP contribution in [0.25, 0.3) is 0 Å². The highest BCUT2D eigenvalue weighted by Crippen LogP contribution is 2.12. The molecule has 0 bridgehead atoms. The first-order valence-corrected chi connectivity index (χ1v) is 5.97. The second-order valence-electron chi connectivity index (χ2n) is 4.42. The van der Waals surface area contributed by atoms with Gasteiger partial charge in [-0.25, -0.2) is 0 Å². The molecule has 0 spiro atoms. The molecule has 0 aromatic heterocycles. The fourth-order valence-corrected chi connectivity index (χ4v) is 1.13. The van der Waals surface area contributed by atoms with Gasteiger partial charge in [0.25, 0.3) is 0 Å². The fourth-order valence-electron chi connectivity index (χ4n) is 1.13. The quantitative estimate of drug-likeness (QED) is 0.579. The van der Waals surface area contributed by atoms with Crippen LogP contribution in [0.1, 0.15) is 53.4 Å². The van der Waals surface area contributed by atoms with Crippen molar-refractivity contribution in [3.63, 3.8) is 0 Å². The summed E-state index contributed by atoms with van der Waals surface area (Å²) in [5.74, 6) is 0. The molecule has 86 valence electrons. The standard InChI is InChI=1S/C12H27NO/c1-5-7-8-9-13-10-11-14-12(3,4)6-2/h13H,5-11H2,1-4H3. The summed E-state index contributed by atoms with van der Waals surface area (Å²) in [4.78, 5) is 0. The molecular weight excluding hydrogens is 174 g/mol. The molecule has 0 atom stereocenters. The van der Waals surface area contributed by atoms with E-state index < -0.39 is 0 Å². The van der Waals surface area contributed by atoms with Crippen LogP contribution in [0.15, 0.2) is 0 Å². The van der Waals surface area contributed by atoms with Crippen molar-refractivity contribution >= 4 is 0 Å². The summed E-state index contributed by atoms with van der Waals surface area (Å²) in [5, 5.41) is 3.39. The maximum atomic E-state index is 5.72. The maximum absolute atomic E-state index is 5.72. The summed E-state index contributed by atoms with van der Waals surface area (Å²) < 4.78 is 5.72. The molecule has 2 heteroatoms. The molecule has 0 aromatic carbocycles. The molecule has 0 rings (SSSR count). The van der Waals surface area contributed by atoms with E-state index in [9.17, 15) is 0 Å². The SMILES string of the molecule is CCCCCNCCOC(C)(C)CC. The molecule has 2 nitrogen and oxygen atoms in total. The predicted octanol–water partition coefficient (Wildman–Crippen LogP) is 2.97. The summed E-state index contributed by atoms with van der Waals surface area (Å²) in [5.41, 5.74) is 0.0467. The highest BCUT2D eigenvalue weighted by atomic mass is 16.5. The second-order valence-corrected chi connectivity index (χ2v) is 4.42. The molecule has 0 aliphatic heterocycles. The summed E-state index contributed by atoms with van der Waals surface area (Å²) in [7, 11) is 0. The normalized spacial score (nSPS) is 12.0. The van der Waals surface area contributed by atoms with Crippen LogP contribution in [-0.2, 0) is 4.74 Å². The first-order valence-electron chi connectivity index (χ1n) is 5.97. The van der Waals surface area contributed by atoms with E-state index in [1.165, 1.54) is 19.3 Å². The predicted molar refractivity (Wildman–Crippen MR) is 62.7 cm³/mol. The monoisotopic (exact) mass is 201 g/mol. The third-order valence-corrected chi connectivity index (χ3v) is 2.58. The Morgan fingerprint density at radius 1 is 1.07 bits per heavy atom. The van der Waals surface area contributed by atoms with Crippen molar-refractivity contribution in [2.75, 3.05) is 19.7 Å². The minimum Gasteiger partial charge on any atom is -0.374 e. The van der Waals surface area contributed by atoms with Crippen molar-refractivity contribution in [3.05, 3.63) is 0 Å². The number of hydrogen-bond donors (Lipinski definition) is 1. The highest BCUT2D eigenvalue weighted by molar-refractivity contribution is 4.65. The zero-order valence-corrected chi connectivity index (χ0v) is 10.4. The smallest absolute Gasteiger partial charge is 0.0624 e. The van der Waals surface area contributed by atoms with Gasteiger partial charge in [0.1, 0.15) is 0 Å². The second kappa shape index (κ2) is 8.25. The molecule has 0 heterocycles. The molecule has 0 radical (unpaired) electrons. The third kappa shape index (κ3) is 8.52. The van der Waals surface area contributed by atoms with E-state index in [0.29, 0.717) is 0 Å². The Hall–Kier alpha value is -0.0800. The molecule has 0 fully saturated rings. The van der Waals surface area contributed by atoms with Crippen LogP contribution in [0.2, 0.25) is 0 Å². The summed E-state index contributed by atoms with van der Waals surface area (Å²) >= 11 is 0. The van der Waals surface area contributed by atoms with Crippen LogP contribution < -0.4 is 5.32 Å². The first kappa shape index (κ1) is 13.9. The highest BCUT2D eigenvalue weighted by Gasteiger charge is 2.13. The van der Waals surface area contributed by atoms with Gasteiger partial charge >= 0.3 is 0 Å². The lowest BCUT2D eigenvalue weighted by Crippen LogP contribution is -2.29. The van der Waals surface area contributed by atoms with Crippen LogP contribution in [0, 0.1) is 0 Å². The van der Waals surface area contributed by atoms with Gasteiger partial charge in [-0.2, -0.15) is 0 Å². The van der Waals surface area contributed by atoms with E-state index in [-0.39, 0.29) is 5.60 Å². The third-order valence-electron chi connectivity index (χ3n) is 2.58. The summed E-state index contributed by atoms with van der Waals surface area (Å²) in [6, 6.07) is 0. The lowest BCUT2D eigenvalue weighted by atomic mass is 10.1. The molecule has 0 saturated heterocycles. The molecule has 0 unspecified atom stereocenters. The first-order chi connectivity index (χ1) is 6.62. The van der Waals surface area contributed by atoms with Gasteiger partial charge in [0.15, 0.2) is 0 Å². The average molecular weight is 201 g/mol. The van der Waals surface area contributed by atoms with Crippen LogP contribution in [-0.4, -0.2) is 25.3 Å². The lowest BCUT2D eigenvalue weighted by Gasteiger charge is -2.23. The molecule has 0 aliphatic carbocycles. The maximum Gasteiger partial charge on any atom is 0.0624 e. The van der Waals surface area contributed by atoms with Crippen molar-refractivity contribution in [1.82, 2.24) is 5.32 Å². The Balaban J connectivity index is 3.13. The van der Waals surface area contributed by atoms with Crippen molar-refractivity contribution < 1.29 is 4.74 Å². The van der Waals surface area contributed by atoms with Gasteiger partial charge in [0.2, 0.25) is 0 Å². The van der Waals surface area contributed by atoms with Crippen LogP contribution in [0.4, 0.5) is 0 Å². The van der Waals surface area contributed by atoms with E-state index in [1.54, 1.807) is 0 Å². The van der Waals surface area contributed by atoms with E-state index >= 15 is 0 Å². The minimum atomic E-state index is 0.0467. The van der Waals surface area contributed by atoms with E-state index in [0.717, 1.165) is 26.1 Å². The van der Waals surface area contributed by atoms with E-state index in [2.05, 4.69) is 33.0 Å². The zero-order chi connectivity index (χ0) is 10.9. The number of hydrogen-bond acceptors (Lipinski definition) is 2. The zero-order valence-electron chi connectivity index (χ0n) is 10.4. The van der Waals surface area contributed by atoms with Gasteiger partial charge in [-0.1, -0.05) is 26.7 Å². The summed E-state index contributed by atoms with van der Waals surface area (Å²) in [6.07, 6.45) is 4.98. The van der Waals surface area contributed by atoms with Crippen LogP contribution >= 0.6 is 0 Å². The molecule has 0 aliphatic rings. The molecule has 0 aromatic rings. The summed E-state index contributed by atoms with van der Waals surface area (Å²) in [6.45, 7) is 11.6. The number of unbranched alkanes of at least 4 members (excludes halogenated alkanes) is 2. The van der Waals surface area contributed by atoms with Crippen LogP contribution in [0.3, 0.4) is 0 Å². The largest absolute Gasteiger partial charge is 0.374 e. The van der Waals surface area contributed by atoms with Gasteiger partial charge in [-0.3, -0.25) is 0 Å². The van der Waals surface area contributed by atoms with Crippen molar-refractivity contribution in [3.8, 4) is 0 Å². The Bertz CT molecular complexity index is 123. The van der Waals surface area contributed by atoms with Gasteiger partial charge in [0, 0.05) is 6.54 Å². The molecular formula is C12H27NO. The Morgan fingerprint density at radius 3 is 2.36 bits per heavy atom. The number of nitrogens with one attached hydrogen (secondary N) is 1. The van der Waals surface area contributed by atoms with Crippen molar-refractivity contribution in [2.45, 2.75) is 59.0 Å². The van der Waals surface area contributed by atoms with Gasteiger partial charge in [0.05, 0.1) is 12.2 Å². The molecule has 1 N–H and O–H groups in total. The Kier molecular flexibility index (Phi) is 8.20.